The van der Waals surface area contributed by atoms with E-state index in [0.29, 0.717) is 19.4 Å². The average Bonchev–Trinajstić information content (AvgIpc) is 3.65. The minimum atomic E-state index is -4.46. The van der Waals surface area contributed by atoms with Crippen molar-refractivity contribution in [1.29, 1.82) is 0 Å². The molecule has 0 atom stereocenters. The van der Waals surface area contributed by atoms with Crippen LogP contribution in [-0.4, -0.2) is 45.3 Å². The van der Waals surface area contributed by atoms with Gasteiger partial charge in [0.15, 0.2) is 0 Å². The lowest BCUT2D eigenvalue weighted by Gasteiger charge is -2.23. The Morgan fingerprint density at radius 2 is 1.72 bits per heavy atom. The quantitative estimate of drug-likeness (QED) is 0.456. The zero-order valence-corrected chi connectivity index (χ0v) is 20.3. The molecule has 1 aromatic heterocycles. The maximum atomic E-state index is 13.2. The smallest absolute Gasteiger partial charge is 0.343 e. The molecule has 1 heterocycles. The Labute approximate surface area is 208 Å². The molecule has 3 aromatic rings. The fourth-order valence-corrected chi connectivity index (χ4v) is 4.28. The molecule has 4 rings (SSSR count). The standard InChI is InChI=1S/C27H29F3N4O2/c1-18-24(19(2)34(32-18)23-6-4-3-5-7-23)14-15-25(35)33(22-12-13-22)16-20-8-10-21(11-9-20)26(36)31-17-27(28,29)30/h3-11,22H,12-17H2,1-2H3,(H,31,36). The van der Waals surface area contributed by atoms with E-state index in [1.54, 1.807) is 12.1 Å². The van der Waals surface area contributed by atoms with Crippen LogP contribution in [0.2, 0.25) is 0 Å². The highest BCUT2D eigenvalue weighted by molar-refractivity contribution is 5.94. The van der Waals surface area contributed by atoms with Gasteiger partial charge in [0.25, 0.3) is 5.91 Å². The number of hydrogen-bond acceptors (Lipinski definition) is 3. The number of amides is 2. The Kier molecular flexibility index (Phi) is 7.47. The summed E-state index contributed by atoms with van der Waals surface area (Å²) in [5.74, 6) is -0.730. The van der Waals surface area contributed by atoms with Crippen LogP contribution < -0.4 is 5.32 Å². The Morgan fingerprint density at radius 3 is 2.33 bits per heavy atom. The number of hydrogen-bond donors (Lipinski definition) is 1. The molecule has 0 spiro atoms. The molecule has 9 heteroatoms. The lowest BCUT2D eigenvalue weighted by Crippen LogP contribution is -2.34. The average molecular weight is 499 g/mol. The third-order valence-electron chi connectivity index (χ3n) is 6.36. The Balaban J connectivity index is 1.38. The Hall–Kier alpha value is -3.62. The Morgan fingerprint density at radius 1 is 1.06 bits per heavy atom. The molecule has 2 amide bonds. The molecule has 36 heavy (non-hydrogen) atoms. The summed E-state index contributed by atoms with van der Waals surface area (Å²) in [7, 11) is 0. The fraction of sp³-hybridized carbons (Fsp3) is 0.370. The monoisotopic (exact) mass is 498 g/mol. The molecule has 0 bridgehead atoms. The number of carbonyl (C=O) groups is 2. The van der Waals surface area contributed by atoms with E-state index in [2.05, 4.69) is 5.10 Å². The lowest BCUT2D eigenvalue weighted by molar-refractivity contribution is -0.132. The summed E-state index contributed by atoms with van der Waals surface area (Å²) >= 11 is 0. The van der Waals surface area contributed by atoms with Gasteiger partial charge >= 0.3 is 6.18 Å². The van der Waals surface area contributed by atoms with Crippen molar-refractivity contribution in [1.82, 2.24) is 20.0 Å². The van der Waals surface area contributed by atoms with Crippen molar-refractivity contribution in [3.63, 3.8) is 0 Å². The number of para-hydroxylation sites is 1. The van der Waals surface area contributed by atoms with Gasteiger partial charge in [-0.3, -0.25) is 9.59 Å². The van der Waals surface area contributed by atoms with Crippen LogP contribution in [-0.2, 0) is 17.8 Å². The van der Waals surface area contributed by atoms with Crippen molar-refractivity contribution < 1.29 is 22.8 Å². The zero-order chi connectivity index (χ0) is 25.9. The van der Waals surface area contributed by atoms with Crippen LogP contribution >= 0.6 is 0 Å². The van der Waals surface area contributed by atoms with Gasteiger partial charge in [-0.1, -0.05) is 30.3 Å². The van der Waals surface area contributed by atoms with Gasteiger partial charge < -0.3 is 10.2 Å². The van der Waals surface area contributed by atoms with Crippen molar-refractivity contribution >= 4 is 11.8 Å². The van der Waals surface area contributed by atoms with Gasteiger partial charge in [0.1, 0.15) is 6.54 Å². The molecule has 1 N–H and O–H groups in total. The van der Waals surface area contributed by atoms with E-state index in [-0.39, 0.29) is 17.5 Å². The highest BCUT2D eigenvalue weighted by atomic mass is 19.4. The minimum Gasteiger partial charge on any atom is -0.343 e. The van der Waals surface area contributed by atoms with Gasteiger partial charge in [0.05, 0.1) is 11.4 Å². The van der Waals surface area contributed by atoms with Crippen LogP contribution in [0.15, 0.2) is 54.6 Å². The second-order valence-electron chi connectivity index (χ2n) is 9.14. The fourth-order valence-electron chi connectivity index (χ4n) is 4.28. The summed E-state index contributed by atoms with van der Waals surface area (Å²) in [6.45, 7) is 2.99. The number of benzene rings is 2. The first kappa shape index (κ1) is 25.5. The molecule has 1 aliphatic carbocycles. The molecular formula is C27H29F3N4O2. The van der Waals surface area contributed by atoms with E-state index < -0.39 is 18.6 Å². The first-order valence-corrected chi connectivity index (χ1v) is 12.0. The molecular weight excluding hydrogens is 469 g/mol. The topological polar surface area (TPSA) is 67.2 Å². The van der Waals surface area contributed by atoms with Gasteiger partial charge in [0.2, 0.25) is 5.91 Å². The molecule has 2 aromatic carbocycles. The largest absolute Gasteiger partial charge is 0.405 e. The summed E-state index contributed by atoms with van der Waals surface area (Å²) in [6.07, 6.45) is -1.61. The summed E-state index contributed by atoms with van der Waals surface area (Å²) in [5.41, 5.74) is 4.94. The van der Waals surface area contributed by atoms with Crippen LogP contribution in [0.5, 0.6) is 0 Å². The Bertz CT molecular complexity index is 1220. The van der Waals surface area contributed by atoms with Crippen LogP contribution in [0.25, 0.3) is 5.69 Å². The van der Waals surface area contributed by atoms with E-state index >= 15 is 0 Å². The normalized spacial score (nSPS) is 13.5. The van der Waals surface area contributed by atoms with Crippen LogP contribution in [0.3, 0.4) is 0 Å². The van der Waals surface area contributed by atoms with Crippen LogP contribution in [0.4, 0.5) is 13.2 Å². The molecule has 0 saturated heterocycles. The second-order valence-corrected chi connectivity index (χ2v) is 9.14. The number of carbonyl (C=O) groups excluding carboxylic acids is 2. The number of rotatable bonds is 9. The van der Waals surface area contributed by atoms with Crippen LogP contribution in [0, 0.1) is 13.8 Å². The maximum absolute atomic E-state index is 13.2. The molecule has 0 radical (unpaired) electrons. The third-order valence-corrected chi connectivity index (χ3v) is 6.36. The van der Waals surface area contributed by atoms with Crippen molar-refractivity contribution in [2.75, 3.05) is 6.54 Å². The highest BCUT2D eigenvalue weighted by Gasteiger charge is 2.32. The molecule has 0 aliphatic heterocycles. The number of aromatic nitrogens is 2. The first-order valence-electron chi connectivity index (χ1n) is 12.0. The van der Waals surface area contributed by atoms with Gasteiger partial charge in [-0.2, -0.15) is 18.3 Å². The number of aryl methyl sites for hydroxylation is 1. The predicted octanol–water partition coefficient (Wildman–Crippen LogP) is 4.91. The van der Waals surface area contributed by atoms with E-state index in [9.17, 15) is 22.8 Å². The lowest BCUT2D eigenvalue weighted by atomic mass is 10.1. The van der Waals surface area contributed by atoms with Crippen LogP contribution in [0.1, 0.15) is 52.1 Å². The molecule has 0 unspecified atom stereocenters. The number of alkyl halides is 3. The van der Waals surface area contributed by atoms with Crippen molar-refractivity contribution in [3.8, 4) is 5.69 Å². The molecule has 6 nitrogen and oxygen atoms in total. The summed E-state index contributed by atoms with van der Waals surface area (Å²) in [6, 6.07) is 16.4. The van der Waals surface area contributed by atoms with Gasteiger partial charge in [-0.05, 0) is 68.5 Å². The molecule has 1 aliphatic rings. The minimum absolute atomic E-state index is 0.0516. The number of nitrogens with one attached hydrogen (secondary N) is 1. The molecule has 1 fully saturated rings. The van der Waals surface area contributed by atoms with Gasteiger partial charge in [0, 0.05) is 30.3 Å². The predicted molar refractivity (Wildman–Crippen MR) is 130 cm³/mol. The summed E-state index contributed by atoms with van der Waals surface area (Å²) < 4.78 is 38.9. The van der Waals surface area contributed by atoms with E-state index in [1.807, 2.05) is 59.1 Å². The number of halogens is 3. The van der Waals surface area contributed by atoms with E-state index in [1.165, 1.54) is 12.1 Å². The second kappa shape index (κ2) is 10.6. The van der Waals surface area contributed by atoms with Crippen molar-refractivity contribution in [2.24, 2.45) is 0 Å². The van der Waals surface area contributed by atoms with E-state index in [0.717, 1.165) is 41.0 Å². The number of nitrogens with zero attached hydrogens (tertiary/aromatic N) is 3. The zero-order valence-electron chi connectivity index (χ0n) is 20.3. The van der Waals surface area contributed by atoms with Gasteiger partial charge in [-0.25, -0.2) is 4.68 Å². The summed E-state index contributed by atoms with van der Waals surface area (Å²) in [5, 5.41) is 6.53. The molecule has 1 saturated carbocycles. The highest BCUT2D eigenvalue weighted by Crippen LogP contribution is 2.30. The van der Waals surface area contributed by atoms with E-state index in [4.69, 9.17) is 0 Å². The summed E-state index contributed by atoms with van der Waals surface area (Å²) in [4.78, 5) is 27.0. The van der Waals surface area contributed by atoms with Gasteiger partial charge in [-0.15, -0.1) is 0 Å². The van der Waals surface area contributed by atoms with Crippen molar-refractivity contribution in [3.05, 3.63) is 82.7 Å². The SMILES string of the molecule is Cc1nn(-c2ccccc2)c(C)c1CCC(=O)N(Cc1ccc(C(=O)NCC(F)(F)F)cc1)C1CC1. The maximum Gasteiger partial charge on any atom is 0.405 e. The third kappa shape index (κ3) is 6.33. The van der Waals surface area contributed by atoms with Crippen molar-refractivity contribution in [2.45, 2.75) is 58.3 Å². The first-order chi connectivity index (χ1) is 17.1. The molecule has 190 valence electrons.